The first-order valence-corrected chi connectivity index (χ1v) is 15.6. The SMILES string of the molecule is CN(C)C(=O)c1ccc2c(c1)CCc1cc(C(=O)N(C)C)ccc1C21C[C@@](C)(NCC(=O)N2C(C#N)C[C@@H]3C[C@@H]32)n2oc(=O)nc21. The standard InChI is InChI=1S/C34H37N7O5/c1-33(36-17-28(42)40-24(16-35)14-23-15-27(23)40)18-34(31-37-32(45)46-41(31)33)25-10-8-21(29(43)38(2)3)12-19(25)6-7-20-13-22(9-11-26(20)34)30(44)39(4)5/h8-13,23-24,27,36H,6-7,14-15,17-18H2,1-5H3/t23-,24?,27+,33+/m1/s1. The number of piperidine rings is 1. The van der Waals surface area contributed by atoms with E-state index in [0.717, 1.165) is 28.7 Å². The number of carbonyl (C=O) groups excluding carboxylic acids is 3. The van der Waals surface area contributed by atoms with Gasteiger partial charge in [0.25, 0.3) is 11.8 Å². The van der Waals surface area contributed by atoms with Gasteiger partial charge in [-0.1, -0.05) is 12.1 Å². The Bertz CT molecular complexity index is 1830. The molecule has 7 rings (SSSR count). The van der Waals surface area contributed by atoms with Crippen molar-refractivity contribution >= 4 is 17.7 Å². The molecule has 3 amide bonds. The molecule has 1 spiro atoms. The monoisotopic (exact) mass is 623 g/mol. The van der Waals surface area contributed by atoms with Crippen LogP contribution in [0.15, 0.2) is 45.7 Å². The molecular formula is C34H37N7O5. The average molecular weight is 624 g/mol. The maximum Gasteiger partial charge on any atom is 0.460 e. The van der Waals surface area contributed by atoms with Crippen LogP contribution < -0.4 is 11.1 Å². The van der Waals surface area contributed by atoms with E-state index in [9.17, 15) is 24.4 Å². The minimum Gasteiger partial charge on any atom is -0.345 e. The van der Waals surface area contributed by atoms with Crippen molar-refractivity contribution < 1.29 is 18.9 Å². The fraction of sp³-hybridized carbons (Fsp3) is 0.471. The number of carbonyl (C=O) groups is 3. The van der Waals surface area contributed by atoms with Crippen molar-refractivity contribution in [1.29, 1.82) is 5.26 Å². The molecule has 12 heteroatoms. The minimum absolute atomic E-state index is 0.0540. The average Bonchev–Trinajstić information content (AvgIpc) is 3.45. The first kappa shape index (κ1) is 29.9. The number of aryl methyl sites for hydroxylation is 2. The molecule has 2 aliphatic carbocycles. The van der Waals surface area contributed by atoms with Gasteiger partial charge in [-0.25, -0.2) is 4.79 Å². The Hall–Kier alpha value is -4.76. The quantitative estimate of drug-likeness (QED) is 0.454. The summed E-state index contributed by atoms with van der Waals surface area (Å²) < 4.78 is 7.24. The van der Waals surface area contributed by atoms with Crippen LogP contribution in [-0.2, 0) is 28.7 Å². The number of fused-ring (bicyclic) bond motifs is 7. The fourth-order valence-electron chi connectivity index (χ4n) is 8.03. The number of amides is 3. The number of nitrogens with zero attached hydrogens (tertiary/aromatic N) is 6. The first-order chi connectivity index (χ1) is 21.9. The molecule has 2 aromatic carbocycles. The number of nitriles is 1. The van der Waals surface area contributed by atoms with Crippen LogP contribution in [0.4, 0.5) is 0 Å². The molecule has 1 unspecified atom stereocenters. The van der Waals surface area contributed by atoms with Gasteiger partial charge < -0.3 is 19.2 Å². The molecule has 2 fully saturated rings. The Balaban J connectivity index is 1.36. The van der Waals surface area contributed by atoms with Crippen molar-refractivity contribution in [2.45, 2.75) is 62.2 Å². The summed E-state index contributed by atoms with van der Waals surface area (Å²) in [5.74, 6) is -0.385. The van der Waals surface area contributed by atoms with Crippen LogP contribution in [0.1, 0.15) is 75.0 Å². The van der Waals surface area contributed by atoms with Crippen LogP contribution in [-0.4, -0.2) is 89.0 Å². The molecule has 12 nitrogen and oxygen atoms in total. The summed E-state index contributed by atoms with van der Waals surface area (Å²) in [6.45, 7) is 1.83. The zero-order chi connectivity index (χ0) is 32.7. The Labute approximate surface area is 266 Å². The molecule has 4 aliphatic rings. The zero-order valence-electron chi connectivity index (χ0n) is 26.7. The van der Waals surface area contributed by atoms with Gasteiger partial charge in [0, 0.05) is 51.8 Å². The highest BCUT2D eigenvalue weighted by atomic mass is 16.5. The molecule has 0 radical (unpaired) electrons. The molecule has 4 atom stereocenters. The molecule has 46 heavy (non-hydrogen) atoms. The summed E-state index contributed by atoms with van der Waals surface area (Å²) in [5.41, 5.74) is 2.68. The number of aromatic nitrogens is 2. The molecule has 3 aromatic rings. The molecule has 1 aromatic heterocycles. The van der Waals surface area contributed by atoms with Crippen LogP contribution in [0, 0.1) is 17.2 Å². The van der Waals surface area contributed by atoms with E-state index in [1.54, 1.807) is 45.2 Å². The Morgan fingerprint density at radius 3 is 2.13 bits per heavy atom. The summed E-state index contributed by atoms with van der Waals surface area (Å²) in [6.07, 6.45) is 3.16. The number of hydrogen-bond donors (Lipinski definition) is 1. The molecule has 1 N–H and O–H groups in total. The fourth-order valence-corrected chi connectivity index (χ4v) is 8.03. The van der Waals surface area contributed by atoms with Gasteiger partial charge in [0.1, 0.15) is 11.7 Å². The zero-order valence-corrected chi connectivity index (χ0v) is 26.7. The van der Waals surface area contributed by atoms with Gasteiger partial charge in [-0.2, -0.15) is 15.0 Å². The van der Waals surface area contributed by atoms with E-state index in [2.05, 4.69) is 16.4 Å². The number of rotatable bonds is 5. The highest BCUT2D eigenvalue weighted by molar-refractivity contribution is 5.95. The van der Waals surface area contributed by atoms with Crippen LogP contribution in [0.25, 0.3) is 0 Å². The maximum atomic E-state index is 13.5. The second-order valence-electron chi connectivity index (χ2n) is 13.7. The van der Waals surface area contributed by atoms with E-state index in [4.69, 9.17) is 4.52 Å². The lowest BCUT2D eigenvalue weighted by atomic mass is 9.69. The summed E-state index contributed by atoms with van der Waals surface area (Å²) >= 11 is 0. The molecule has 238 valence electrons. The highest BCUT2D eigenvalue weighted by Crippen LogP contribution is 2.54. The third-order valence-corrected chi connectivity index (χ3v) is 10.3. The minimum atomic E-state index is -1.05. The summed E-state index contributed by atoms with van der Waals surface area (Å²) in [6, 6.07) is 13.3. The molecule has 1 saturated carbocycles. The van der Waals surface area contributed by atoms with Crippen LogP contribution >= 0.6 is 0 Å². The summed E-state index contributed by atoms with van der Waals surface area (Å²) in [7, 11) is 6.84. The Kier molecular flexibility index (Phi) is 6.76. The van der Waals surface area contributed by atoms with Crippen LogP contribution in [0.5, 0.6) is 0 Å². The smallest absolute Gasteiger partial charge is 0.345 e. The lowest BCUT2D eigenvalue weighted by Gasteiger charge is -2.34. The van der Waals surface area contributed by atoms with E-state index in [1.165, 1.54) is 14.5 Å². The van der Waals surface area contributed by atoms with Crippen molar-refractivity contribution in [3.63, 3.8) is 0 Å². The van der Waals surface area contributed by atoms with Gasteiger partial charge in [-0.05, 0) is 85.0 Å². The summed E-state index contributed by atoms with van der Waals surface area (Å²) in [4.78, 5) is 61.7. The second-order valence-corrected chi connectivity index (χ2v) is 13.7. The predicted molar refractivity (Wildman–Crippen MR) is 166 cm³/mol. The van der Waals surface area contributed by atoms with E-state index < -0.39 is 22.9 Å². The van der Waals surface area contributed by atoms with Crippen LogP contribution in [0.2, 0.25) is 0 Å². The number of likely N-dealkylation sites (tertiary alicyclic amines) is 1. The Morgan fingerprint density at radius 2 is 1.59 bits per heavy atom. The van der Waals surface area contributed by atoms with Gasteiger partial charge in [0.05, 0.1) is 18.0 Å². The number of hydrogen-bond acceptors (Lipinski definition) is 8. The van der Waals surface area contributed by atoms with E-state index in [1.807, 2.05) is 31.2 Å². The first-order valence-electron chi connectivity index (χ1n) is 15.6. The van der Waals surface area contributed by atoms with Crippen molar-refractivity contribution in [1.82, 2.24) is 29.7 Å². The van der Waals surface area contributed by atoms with Gasteiger partial charge >= 0.3 is 5.76 Å². The van der Waals surface area contributed by atoms with E-state index >= 15 is 0 Å². The van der Waals surface area contributed by atoms with Crippen molar-refractivity contribution in [3.8, 4) is 6.07 Å². The third kappa shape index (κ3) is 4.40. The molecule has 0 bridgehead atoms. The predicted octanol–water partition coefficient (Wildman–Crippen LogP) is 1.85. The summed E-state index contributed by atoms with van der Waals surface area (Å²) in [5, 5.41) is 13.1. The number of nitrogens with one attached hydrogen (secondary N) is 1. The van der Waals surface area contributed by atoms with Crippen molar-refractivity contribution in [2.75, 3.05) is 34.7 Å². The van der Waals surface area contributed by atoms with E-state index in [0.29, 0.717) is 48.6 Å². The lowest BCUT2D eigenvalue weighted by Crippen LogP contribution is -2.50. The van der Waals surface area contributed by atoms with Crippen molar-refractivity contribution in [3.05, 3.63) is 86.2 Å². The molecule has 2 aliphatic heterocycles. The lowest BCUT2D eigenvalue weighted by molar-refractivity contribution is -0.132. The van der Waals surface area contributed by atoms with Gasteiger partial charge in [0.15, 0.2) is 5.82 Å². The molecular weight excluding hydrogens is 586 g/mol. The normalized spacial score (nSPS) is 24.7. The maximum absolute atomic E-state index is 13.5. The van der Waals surface area contributed by atoms with Crippen LogP contribution in [0.3, 0.4) is 0 Å². The molecule has 1 saturated heterocycles. The Morgan fingerprint density at radius 1 is 1.00 bits per heavy atom. The van der Waals surface area contributed by atoms with E-state index in [-0.39, 0.29) is 30.3 Å². The largest absolute Gasteiger partial charge is 0.460 e. The van der Waals surface area contributed by atoms with Gasteiger partial charge in [-0.3, -0.25) is 19.7 Å². The topological polar surface area (TPSA) is 145 Å². The highest BCUT2D eigenvalue weighted by Gasteiger charge is 2.58. The van der Waals surface area contributed by atoms with Gasteiger partial charge in [0.2, 0.25) is 5.91 Å². The number of benzene rings is 2. The second kappa shape index (κ2) is 10.4. The third-order valence-electron chi connectivity index (χ3n) is 10.3. The van der Waals surface area contributed by atoms with Crippen molar-refractivity contribution in [2.24, 2.45) is 5.92 Å². The van der Waals surface area contributed by atoms with Gasteiger partial charge in [-0.15, -0.1) is 0 Å². The molecule has 3 heterocycles.